The third-order valence-electron chi connectivity index (χ3n) is 5.70. The molecule has 2 bridgehead atoms. The van der Waals surface area contributed by atoms with Crippen LogP contribution in [0.4, 0.5) is 0 Å². The van der Waals surface area contributed by atoms with Crippen LogP contribution in [0.2, 0.25) is 0 Å². The smallest absolute Gasteiger partial charge is 0.229 e. The maximum Gasteiger partial charge on any atom is 0.229 e. The second-order valence-electron chi connectivity index (χ2n) is 8.29. The van der Waals surface area contributed by atoms with Crippen molar-refractivity contribution in [1.29, 1.82) is 0 Å². The standard InChI is InChI=1S/C22H27N5O2S/c1-15(2)20-24-21(29-25-20)16-10-12-26(13-11-16)22-23-17-8-9-19(27(14-17)30-22)28-18-6-4-3-5-7-18/h3-4,6,8-9,15-16H,5,7,10-14H2,1-2H3. The molecule has 0 saturated carbocycles. The molecule has 3 aliphatic heterocycles. The summed E-state index contributed by atoms with van der Waals surface area (Å²) in [6.07, 6.45) is 14.4. The number of amidine groups is 1. The van der Waals surface area contributed by atoms with Gasteiger partial charge in [0.05, 0.1) is 12.2 Å². The highest BCUT2D eigenvalue weighted by Gasteiger charge is 2.32. The summed E-state index contributed by atoms with van der Waals surface area (Å²) >= 11 is 1.67. The largest absolute Gasteiger partial charge is 0.445 e. The van der Waals surface area contributed by atoms with Crippen molar-refractivity contribution in [3.63, 3.8) is 0 Å². The third-order valence-corrected chi connectivity index (χ3v) is 6.74. The highest BCUT2D eigenvalue weighted by molar-refractivity contribution is 8.11. The number of nitrogens with zero attached hydrogens (tertiary/aromatic N) is 5. The molecule has 0 unspecified atom stereocenters. The van der Waals surface area contributed by atoms with Crippen LogP contribution in [0, 0.1) is 0 Å². The van der Waals surface area contributed by atoms with E-state index < -0.39 is 0 Å². The second kappa shape index (κ2) is 8.34. The lowest BCUT2D eigenvalue weighted by molar-refractivity contribution is 0.220. The van der Waals surface area contributed by atoms with E-state index >= 15 is 0 Å². The van der Waals surface area contributed by atoms with E-state index in [4.69, 9.17) is 14.3 Å². The first-order chi connectivity index (χ1) is 14.7. The van der Waals surface area contributed by atoms with Gasteiger partial charge in [0.15, 0.2) is 11.0 Å². The van der Waals surface area contributed by atoms with Crippen LogP contribution in [0.25, 0.3) is 0 Å². The lowest BCUT2D eigenvalue weighted by atomic mass is 9.97. The van der Waals surface area contributed by atoms with Gasteiger partial charge in [0.2, 0.25) is 11.8 Å². The minimum atomic E-state index is 0.294. The SMILES string of the molecule is CC(C)c1noc(C2CCN(C3=NC4=CC=C(OC5=CC=CCC5)N(C4)S3)CC2)n1. The van der Waals surface area contributed by atoms with Gasteiger partial charge in [0.1, 0.15) is 5.76 Å². The van der Waals surface area contributed by atoms with Gasteiger partial charge in [-0.25, -0.2) is 4.99 Å². The molecule has 1 aromatic heterocycles. The van der Waals surface area contributed by atoms with Gasteiger partial charge in [0, 0.05) is 49.4 Å². The van der Waals surface area contributed by atoms with Gasteiger partial charge in [-0.3, -0.25) is 4.31 Å². The Morgan fingerprint density at radius 2 is 2.07 bits per heavy atom. The lowest BCUT2D eigenvalue weighted by Gasteiger charge is -2.38. The van der Waals surface area contributed by atoms with Crippen molar-refractivity contribution in [1.82, 2.24) is 19.3 Å². The summed E-state index contributed by atoms with van der Waals surface area (Å²) in [6.45, 7) is 6.83. The van der Waals surface area contributed by atoms with Crippen LogP contribution in [0.3, 0.4) is 0 Å². The molecule has 1 aromatic rings. The molecule has 30 heavy (non-hydrogen) atoms. The molecule has 4 aliphatic rings. The van der Waals surface area contributed by atoms with E-state index in [9.17, 15) is 0 Å². The van der Waals surface area contributed by atoms with Gasteiger partial charge in [-0.1, -0.05) is 31.2 Å². The van der Waals surface area contributed by atoms with Crippen LogP contribution in [0.15, 0.2) is 57.2 Å². The second-order valence-corrected chi connectivity index (χ2v) is 9.28. The van der Waals surface area contributed by atoms with E-state index in [-0.39, 0.29) is 0 Å². The molecule has 1 saturated heterocycles. The van der Waals surface area contributed by atoms with Gasteiger partial charge in [-0.15, -0.1) is 0 Å². The van der Waals surface area contributed by atoms with E-state index in [2.05, 4.69) is 57.5 Å². The number of aliphatic imine (C=N–C) groups is 1. The first kappa shape index (κ1) is 19.5. The Labute approximate surface area is 181 Å². The highest BCUT2D eigenvalue weighted by atomic mass is 32.2. The maximum atomic E-state index is 6.18. The van der Waals surface area contributed by atoms with Crippen molar-refractivity contribution < 1.29 is 9.26 Å². The van der Waals surface area contributed by atoms with Crippen LogP contribution >= 0.6 is 11.9 Å². The number of hydrogen-bond donors (Lipinski definition) is 0. The molecule has 158 valence electrons. The Kier molecular flexibility index (Phi) is 5.41. The molecule has 1 aliphatic carbocycles. The van der Waals surface area contributed by atoms with Gasteiger partial charge < -0.3 is 14.2 Å². The van der Waals surface area contributed by atoms with Crippen molar-refractivity contribution >= 4 is 17.1 Å². The average molecular weight is 426 g/mol. The van der Waals surface area contributed by atoms with E-state index in [1.165, 1.54) is 0 Å². The molecule has 0 atom stereocenters. The topological polar surface area (TPSA) is 67.0 Å². The molecule has 7 nitrogen and oxygen atoms in total. The summed E-state index contributed by atoms with van der Waals surface area (Å²) < 4.78 is 13.9. The van der Waals surface area contributed by atoms with E-state index in [0.717, 1.165) is 79.5 Å². The zero-order valence-corrected chi connectivity index (χ0v) is 18.3. The Morgan fingerprint density at radius 3 is 2.80 bits per heavy atom. The Morgan fingerprint density at radius 1 is 1.20 bits per heavy atom. The zero-order chi connectivity index (χ0) is 20.5. The van der Waals surface area contributed by atoms with Crippen LogP contribution < -0.4 is 0 Å². The minimum absolute atomic E-state index is 0.294. The van der Waals surface area contributed by atoms with Crippen molar-refractivity contribution in [3.8, 4) is 0 Å². The van der Waals surface area contributed by atoms with Crippen molar-refractivity contribution in [3.05, 3.63) is 59.4 Å². The number of ether oxygens (including phenoxy) is 1. The molecule has 0 aromatic carbocycles. The summed E-state index contributed by atoms with van der Waals surface area (Å²) in [5.41, 5.74) is 1.08. The van der Waals surface area contributed by atoms with E-state index in [0.29, 0.717) is 11.8 Å². The maximum absolute atomic E-state index is 6.18. The average Bonchev–Trinajstić information content (AvgIpc) is 3.27. The summed E-state index contributed by atoms with van der Waals surface area (Å²) in [5.74, 6) is 4.12. The third kappa shape index (κ3) is 4.05. The minimum Gasteiger partial charge on any atom is -0.445 e. The normalized spacial score (nSPS) is 22.0. The molecule has 1 fully saturated rings. The number of piperidine rings is 1. The number of fused-ring (bicyclic) bond motifs is 2. The molecule has 0 spiro atoms. The predicted molar refractivity (Wildman–Crippen MR) is 117 cm³/mol. The molecule has 0 radical (unpaired) electrons. The molecule has 0 N–H and O–H groups in total. The molecule has 8 heteroatoms. The summed E-state index contributed by atoms with van der Waals surface area (Å²) in [5, 5.41) is 5.17. The van der Waals surface area contributed by atoms with Gasteiger partial charge in [0.25, 0.3) is 0 Å². The fourth-order valence-electron chi connectivity index (χ4n) is 3.90. The van der Waals surface area contributed by atoms with Crippen molar-refractivity contribution in [2.45, 2.75) is 51.4 Å². The van der Waals surface area contributed by atoms with Gasteiger partial charge in [-0.05, 0) is 31.4 Å². The highest BCUT2D eigenvalue weighted by Crippen LogP contribution is 2.36. The number of rotatable bonds is 4. The first-order valence-corrected chi connectivity index (χ1v) is 11.5. The van der Waals surface area contributed by atoms with Crippen molar-refractivity contribution in [2.24, 2.45) is 4.99 Å². The Hall–Kier alpha value is -2.48. The molecule has 0 amide bonds. The Bertz CT molecular complexity index is 950. The van der Waals surface area contributed by atoms with Crippen LogP contribution in [0.5, 0.6) is 0 Å². The quantitative estimate of drug-likeness (QED) is 0.649. The number of allylic oxidation sites excluding steroid dienone is 6. The summed E-state index contributed by atoms with van der Waals surface area (Å²) in [4.78, 5) is 11.8. The molecular formula is C22H27N5O2S. The number of likely N-dealkylation sites (tertiary alicyclic amines) is 1. The van der Waals surface area contributed by atoms with Crippen LogP contribution in [-0.2, 0) is 4.74 Å². The number of aromatic nitrogens is 2. The van der Waals surface area contributed by atoms with E-state index in [1.54, 1.807) is 11.9 Å². The molecule has 4 heterocycles. The van der Waals surface area contributed by atoms with Crippen LogP contribution in [-0.4, -0.2) is 44.1 Å². The van der Waals surface area contributed by atoms with Crippen molar-refractivity contribution in [2.75, 3.05) is 19.6 Å². The summed E-state index contributed by atoms with van der Waals surface area (Å²) in [7, 11) is 0. The van der Waals surface area contributed by atoms with Gasteiger partial charge >= 0.3 is 0 Å². The zero-order valence-electron chi connectivity index (χ0n) is 17.5. The molecular weight excluding hydrogens is 398 g/mol. The molecule has 5 rings (SSSR count). The fraction of sp³-hybridized carbons (Fsp3) is 0.500. The number of hydrogen-bond acceptors (Lipinski definition) is 8. The predicted octanol–water partition coefficient (Wildman–Crippen LogP) is 4.68. The van der Waals surface area contributed by atoms with E-state index in [1.807, 2.05) is 6.08 Å². The Balaban J connectivity index is 1.21. The van der Waals surface area contributed by atoms with Gasteiger partial charge in [-0.2, -0.15) is 4.98 Å². The lowest BCUT2D eigenvalue weighted by Crippen LogP contribution is -2.40. The first-order valence-electron chi connectivity index (χ1n) is 10.7. The fourth-order valence-corrected chi connectivity index (χ4v) is 4.94. The summed E-state index contributed by atoms with van der Waals surface area (Å²) in [6, 6.07) is 0. The monoisotopic (exact) mass is 425 g/mol. The van der Waals surface area contributed by atoms with Crippen LogP contribution in [0.1, 0.15) is 63.1 Å².